The highest BCUT2D eigenvalue weighted by Crippen LogP contribution is 2.35. The number of aromatic nitrogens is 1. The fourth-order valence-electron chi connectivity index (χ4n) is 3.07. The highest BCUT2D eigenvalue weighted by atomic mass is 19.1. The van der Waals surface area contributed by atoms with E-state index in [-0.39, 0.29) is 18.0 Å². The second kappa shape index (κ2) is 5.12. The smallest absolute Gasteiger partial charge is 0.347 e. The average Bonchev–Trinajstić information content (AvgIpc) is 2.46. The quantitative estimate of drug-likeness (QED) is 0.866. The summed E-state index contributed by atoms with van der Waals surface area (Å²) in [6.45, 7) is 3.55. The van der Waals surface area contributed by atoms with Crippen molar-refractivity contribution in [2.45, 2.75) is 32.7 Å². The summed E-state index contributed by atoms with van der Waals surface area (Å²) in [6.07, 6.45) is 1.28. The molecule has 6 heteroatoms. The molecule has 2 heterocycles. The lowest BCUT2D eigenvalue weighted by Gasteiger charge is -2.26. The van der Waals surface area contributed by atoms with E-state index in [4.69, 9.17) is 4.74 Å². The topological polar surface area (TPSA) is 68.5 Å². The van der Waals surface area contributed by atoms with Gasteiger partial charge in [0.05, 0.1) is 12.1 Å². The number of carbonyl (C=O) groups excluding carboxylic acids is 1. The molecule has 22 heavy (non-hydrogen) atoms. The number of halogens is 1. The van der Waals surface area contributed by atoms with Crippen LogP contribution in [0.5, 0.6) is 5.75 Å². The molecule has 0 radical (unpaired) electrons. The Hall–Kier alpha value is -2.37. The predicted octanol–water partition coefficient (Wildman–Crippen LogP) is 2.53. The van der Waals surface area contributed by atoms with Crippen LogP contribution in [0.3, 0.4) is 0 Å². The molecule has 3 rings (SSSR count). The molecule has 1 aromatic heterocycles. The second-order valence-electron chi connectivity index (χ2n) is 5.47. The van der Waals surface area contributed by atoms with E-state index in [0.717, 1.165) is 6.07 Å². The number of pyridine rings is 1. The van der Waals surface area contributed by atoms with Gasteiger partial charge in [-0.2, -0.15) is 0 Å². The SMILES string of the molecule is CCOC(=O)c1c(O)c2cc(F)cc3c2n(c1=O)[C@@H](C)CC3. The van der Waals surface area contributed by atoms with Gasteiger partial charge in [0.2, 0.25) is 0 Å². The first-order valence-electron chi connectivity index (χ1n) is 7.22. The molecular formula is C16H16FNO4. The number of aromatic hydroxyl groups is 1. The van der Waals surface area contributed by atoms with Crippen molar-refractivity contribution < 1.29 is 19.0 Å². The van der Waals surface area contributed by atoms with Gasteiger partial charge in [-0.15, -0.1) is 0 Å². The molecule has 0 fully saturated rings. The van der Waals surface area contributed by atoms with Crippen LogP contribution in [-0.4, -0.2) is 22.2 Å². The molecule has 0 saturated heterocycles. The summed E-state index contributed by atoms with van der Waals surface area (Å²) in [7, 11) is 0. The van der Waals surface area contributed by atoms with Gasteiger partial charge >= 0.3 is 5.97 Å². The molecule has 1 aromatic carbocycles. The van der Waals surface area contributed by atoms with Crippen molar-refractivity contribution >= 4 is 16.9 Å². The number of nitrogens with zero attached hydrogens (tertiary/aromatic N) is 1. The fourth-order valence-corrected chi connectivity index (χ4v) is 3.07. The van der Waals surface area contributed by atoms with Crippen molar-refractivity contribution in [3.8, 4) is 5.75 Å². The summed E-state index contributed by atoms with van der Waals surface area (Å²) in [6, 6.07) is 2.38. The van der Waals surface area contributed by atoms with Gasteiger partial charge in [0.1, 0.15) is 11.6 Å². The van der Waals surface area contributed by atoms with E-state index in [1.807, 2.05) is 6.92 Å². The fraction of sp³-hybridized carbons (Fsp3) is 0.375. The van der Waals surface area contributed by atoms with E-state index in [1.165, 1.54) is 10.6 Å². The normalized spacial score (nSPS) is 16.8. The molecule has 0 aliphatic carbocycles. The van der Waals surface area contributed by atoms with E-state index in [9.17, 15) is 19.1 Å². The Morgan fingerprint density at radius 2 is 2.23 bits per heavy atom. The molecule has 0 saturated carbocycles. The first-order chi connectivity index (χ1) is 10.5. The van der Waals surface area contributed by atoms with Gasteiger partial charge in [0, 0.05) is 11.4 Å². The maximum Gasteiger partial charge on any atom is 0.347 e. The Morgan fingerprint density at radius 3 is 2.91 bits per heavy atom. The first-order valence-corrected chi connectivity index (χ1v) is 7.22. The van der Waals surface area contributed by atoms with Gasteiger partial charge < -0.3 is 14.4 Å². The van der Waals surface area contributed by atoms with E-state index in [0.29, 0.717) is 23.9 Å². The second-order valence-corrected chi connectivity index (χ2v) is 5.47. The molecule has 0 spiro atoms. The Kier molecular flexibility index (Phi) is 3.39. The van der Waals surface area contributed by atoms with Crippen LogP contribution < -0.4 is 5.56 Å². The molecule has 2 aromatic rings. The number of rotatable bonds is 2. The van der Waals surface area contributed by atoms with Crippen molar-refractivity contribution in [1.29, 1.82) is 0 Å². The average molecular weight is 305 g/mol. The van der Waals surface area contributed by atoms with Crippen molar-refractivity contribution in [3.05, 3.63) is 39.4 Å². The van der Waals surface area contributed by atoms with Crippen LogP contribution in [0.15, 0.2) is 16.9 Å². The van der Waals surface area contributed by atoms with Crippen LogP contribution >= 0.6 is 0 Å². The highest BCUT2D eigenvalue weighted by Gasteiger charge is 2.29. The first kappa shape index (κ1) is 14.6. The largest absolute Gasteiger partial charge is 0.506 e. The zero-order valence-electron chi connectivity index (χ0n) is 12.4. The summed E-state index contributed by atoms with van der Waals surface area (Å²) >= 11 is 0. The number of hydrogen-bond donors (Lipinski definition) is 1. The third kappa shape index (κ3) is 1.98. The van der Waals surface area contributed by atoms with E-state index < -0.39 is 28.7 Å². The summed E-state index contributed by atoms with van der Waals surface area (Å²) in [5.74, 6) is -1.91. The molecule has 116 valence electrons. The highest BCUT2D eigenvalue weighted by molar-refractivity contribution is 6.00. The number of carbonyl (C=O) groups is 1. The Morgan fingerprint density at radius 1 is 1.50 bits per heavy atom. The minimum Gasteiger partial charge on any atom is -0.506 e. The monoisotopic (exact) mass is 305 g/mol. The summed E-state index contributed by atoms with van der Waals surface area (Å²) in [4.78, 5) is 24.6. The summed E-state index contributed by atoms with van der Waals surface area (Å²) in [5.41, 5.74) is 0.134. The standard InChI is InChI=1S/C16H16FNO4/c1-3-22-16(21)12-14(19)11-7-10(17)6-9-5-4-8(2)18(13(9)11)15(12)20/h6-8,19H,3-5H2,1-2H3/t8-/m0/s1. The number of benzene rings is 1. The zero-order valence-corrected chi connectivity index (χ0v) is 12.4. The van der Waals surface area contributed by atoms with Crippen LogP contribution in [0.4, 0.5) is 4.39 Å². The lowest BCUT2D eigenvalue weighted by molar-refractivity contribution is 0.0520. The number of ether oxygens (including phenoxy) is 1. The number of hydrogen-bond acceptors (Lipinski definition) is 4. The maximum atomic E-state index is 13.8. The molecule has 1 aliphatic rings. The van der Waals surface area contributed by atoms with E-state index >= 15 is 0 Å². The van der Waals surface area contributed by atoms with Crippen LogP contribution in [0.25, 0.3) is 10.9 Å². The van der Waals surface area contributed by atoms with Crippen molar-refractivity contribution in [2.75, 3.05) is 6.61 Å². The van der Waals surface area contributed by atoms with Gasteiger partial charge in [-0.05, 0) is 44.4 Å². The Bertz CT molecular complexity index is 840. The third-order valence-corrected chi connectivity index (χ3v) is 4.07. The Labute approximate surface area is 125 Å². The molecule has 0 bridgehead atoms. The number of esters is 1. The van der Waals surface area contributed by atoms with Gasteiger partial charge in [-0.3, -0.25) is 4.79 Å². The van der Waals surface area contributed by atoms with Crippen LogP contribution in [0.1, 0.15) is 42.2 Å². The molecule has 1 aliphatic heterocycles. The van der Waals surface area contributed by atoms with Crippen molar-refractivity contribution in [3.63, 3.8) is 0 Å². The van der Waals surface area contributed by atoms with Crippen molar-refractivity contribution in [1.82, 2.24) is 4.57 Å². The third-order valence-electron chi connectivity index (χ3n) is 4.07. The van der Waals surface area contributed by atoms with Crippen LogP contribution in [0.2, 0.25) is 0 Å². The van der Waals surface area contributed by atoms with E-state index in [1.54, 1.807) is 6.92 Å². The zero-order chi connectivity index (χ0) is 16.0. The number of aryl methyl sites for hydroxylation is 1. The maximum absolute atomic E-state index is 13.8. The Balaban J connectivity index is 2.46. The minimum absolute atomic E-state index is 0.0830. The lowest BCUT2D eigenvalue weighted by Crippen LogP contribution is -2.32. The minimum atomic E-state index is -0.890. The molecule has 0 unspecified atom stereocenters. The molecule has 1 N–H and O–H groups in total. The van der Waals surface area contributed by atoms with Crippen LogP contribution in [0, 0.1) is 5.82 Å². The van der Waals surface area contributed by atoms with Gasteiger partial charge in [0.25, 0.3) is 5.56 Å². The predicted molar refractivity (Wildman–Crippen MR) is 78.8 cm³/mol. The lowest BCUT2D eigenvalue weighted by atomic mass is 9.95. The van der Waals surface area contributed by atoms with Gasteiger partial charge in [-0.25, -0.2) is 9.18 Å². The molecule has 1 atom stereocenters. The van der Waals surface area contributed by atoms with Crippen LogP contribution in [-0.2, 0) is 11.2 Å². The molecule has 0 amide bonds. The van der Waals surface area contributed by atoms with E-state index in [2.05, 4.69) is 0 Å². The summed E-state index contributed by atoms with van der Waals surface area (Å²) < 4.78 is 20.1. The summed E-state index contributed by atoms with van der Waals surface area (Å²) in [5, 5.41) is 10.5. The van der Waals surface area contributed by atoms with Crippen molar-refractivity contribution in [2.24, 2.45) is 0 Å². The molecular weight excluding hydrogens is 289 g/mol. The van der Waals surface area contributed by atoms with Gasteiger partial charge in [0.15, 0.2) is 5.56 Å². The molecule has 5 nitrogen and oxygen atoms in total. The van der Waals surface area contributed by atoms with Gasteiger partial charge in [-0.1, -0.05) is 0 Å².